The lowest BCUT2D eigenvalue weighted by Crippen LogP contribution is -2.32. The largest absolute Gasteiger partial charge is 0.492 e. The van der Waals surface area contributed by atoms with E-state index in [4.69, 9.17) is 16.3 Å². The summed E-state index contributed by atoms with van der Waals surface area (Å²) in [6.07, 6.45) is 0. The average molecular weight is 461 g/mol. The van der Waals surface area contributed by atoms with Crippen molar-refractivity contribution in [2.24, 2.45) is 0 Å². The highest BCUT2D eigenvalue weighted by Gasteiger charge is 2.41. The van der Waals surface area contributed by atoms with Gasteiger partial charge in [0, 0.05) is 10.7 Å². The monoisotopic (exact) mass is 460 g/mol. The number of hydrogen-bond acceptors (Lipinski definition) is 4. The molecule has 168 valence electrons. The molecule has 0 saturated carbocycles. The summed E-state index contributed by atoms with van der Waals surface area (Å²) in [5.41, 5.74) is 5.21. The van der Waals surface area contributed by atoms with Gasteiger partial charge in [-0.1, -0.05) is 48.0 Å². The van der Waals surface area contributed by atoms with Gasteiger partial charge in [-0.3, -0.25) is 9.59 Å². The van der Waals surface area contributed by atoms with Crippen LogP contribution in [0.3, 0.4) is 0 Å². The summed E-state index contributed by atoms with van der Waals surface area (Å²) in [6.45, 7) is 8.13. The number of imide groups is 1. The molecule has 0 aromatic heterocycles. The molecule has 2 amide bonds. The van der Waals surface area contributed by atoms with Gasteiger partial charge < -0.3 is 10.1 Å². The number of hydrogen-bond donors (Lipinski definition) is 1. The third-order valence-corrected chi connectivity index (χ3v) is 6.22. The molecule has 0 spiro atoms. The number of amides is 2. The molecule has 1 N–H and O–H groups in total. The Labute approximate surface area is 198 Å². The van der Waals surface area contributed by atoms with E-state index in [0.717, 1.165) is 16.7 Å². The lowest BCUT2D eigenvalue weighted by molar-refractivity contribution is -0.120. The Morgan fingerprint density at radius 3 is 2.39 bits per heavy atom. The summed E-state index contributed by atoms with van der Waals surface area (Å²) in [7, 11) is 0. The van der Waals surface area contributed by atoms with Crippen molar-refractivity contribution in [3.05, 3.63) is 93.6 Å². The van der Waals surface area contributed by atoms with Crippen LogP contribution in [0.2, 0.25) is 5.02 Å². The van der Waals surface area contributed by atoms with Crippen LogP contribution in [0.4, 0.5) is 11.4 Å². The first-order valence-corrected chi connectivity index (χ1v) is 11.2. The van der Waals surface area contributed by atoms with Crippen LogP contribution in [-0.4, -0.2) is 18.4 Å². The Morgan fingerprint density at radius 1 is 0.909 bits per heavy atom. The van der Waals surface area contributed by atoms with Crippen molar-refractivity contribution < 1.29 is 14.3 Å². The first kappa shape index (κ1) is 22.6. The van der Waals surface area contributed by atoms with Crippen molar-refractivity contribution in [1.82, 2.24) is 0 Å². The highest BCUT2D eigenvalue weighted by atomic mass is 35.5. The fraction of sp³-hybridized carbons (Fsp3) is 0.185. The normalized spacial score (nSPS) is 13.7. The van der Waals surface area contributed by atoms with Gasteiger partial charge in [0.15, 0.2) is 0 Å². The number of benzene rings is 3. The van der Waals surface area contributed by atoms with E-state index in [1.807, 2.05) is 58.0 Å². The number of rotatable bonds is 6. The molecule has 0 saturated heterocycles. The van der Waals surface area contributed by atoms with Gasteiger partial charge in [-0.2, -0.15) is 0 Å². The second-order valence-electron chi connectivity index (χ2n) is 7.93. The van der Waals surface area contributed by atoms with Gasteiger partial charge in [0.2, 0.25) is 0 Å². The third-order valence-electron chi connectivity index (χ3n) is 5.81. The van der Waals surface area contributed by atoms with Crippen LogP contribution >= 0.6 is 11.6 Å². The number of nitrogens with one attached hydrogen (secondary N) is 1. The van der Waals surface area contributed by atoms with Crippen LogP contribution in [0.25, 0.3) is 5.57 Å². The molecular formula is C27H25ClN2O3. The van der Waals surface area contributed by atoms with Gasteiger partial charge in [0.05, 0.1) is 17.9 Å². The number of nitrogens with zero attached hydrogens (tertiary/aromatic N) is 1. The summed E-state index contributed by atoms with van der Waals surface area (Å²) in [6, 6.07) is 18.2. The minimum absolute atomic E-state index is 0.208. The summed E-state index contributed by atoms with van der Waals surface area (Å²) < 4.78 is 5.71. The predicted octanol–water partition coefficient (Wildman–Crippen LogP) is 6.06. The second kappa shape index (κ2) is 9.12. The molecule has 0 unspecified atom stereocenters. The number of halogens is 1. The van der Waals surface area contributed by atoms with Crippen LogP contribution in [0.1, 0.15) is 29.2 Å². The molecule has 33 heavy (non-hydrogen) atoms. The lowest BCUT2D eigenvalue weighted by atomic mass is 9.99. The van der Waals surface area contributed by atoms with Gasteiger partial charge in [-0.15, -0.1) is 0 Å². The second-order valence-corrected chi connectivity index (χ2v) is 8.34. The highest BCUT2D eigenvalue weighted by Crippen LogP contribution is 2.38. The minimum atomic E-state index is -0.445. The molecule has 1 aliphatic rings. The van der Waals surface area contributed by atoms with Crippen LogP contribution in [0, 0.1) is 20.8 Å². The summed E-state index contributed by atoms with van der Waals surface area (Å²) in [5.74, 6) is -0.376. The highest BCUT2D eigenvalue weighted by molar-refractivity contribution is 6.46. The van der Waals surface area contributed by atoms with E-state index in [1.165, 1.54) is 4.90 Å². The Morgan fingerprint density at radius 2 is 1.67 bits per heavy atom. The molecule has 0 bridgehead atoms. The van der Waals surface area contributed by atoms with Gasteiger partial charge in [0.25, 0.3) is 11.8 Å². The molecule has 3 aromatic carbocycles. The molecule has 4 rings (SSSR count). The molecule has 1 aliphatic heterocycles. The SMILES string of the molecule is CCOc1ccccc1N1C(=O)C(Nc2cccc(Cl)c2C)=C(c2ccc(C)c(C)c2)C1=O. The zero-order valence-corrected chi connectivity index (χ0v) is 19.8. The van der Waals surface area contributed by atoms with Gasteiger partial charge in [0.1, 0.15) is 11.4 Å². The fourth-order valence-electron chi connectivity index (χ4n) is 3.83. The Bertz CT molecular complexity index is 1300. The van der Waals surface area contributed by atoms with Crippen molar-refractivity contribution in [1.29, 1.82) is 0 Å². The lowest BCUT2D eigenvalue weighted by Gasteiger charge is -2.19. The molecular weight excluding hydrogens is 436 g/mol. The molecule has 0 aliphatic carbocycles. The van der Waals surface area contributed by atoms with E-state index in [-0.39, 0.29) is 5.70 Å². The van der Waals surface area contributed by atoms with Crippen LogP contribution < -0.4 is 15.0 Å². The van der Waals surface area contributed by atoms with E-state index >= 15 is 0 Å². The number of anilines is 2. The number of ether oxygens (including phenoxy) is 1. The first-order chi connectivity index (χ1) is 15.8. The molecule has 5 nitrogen and oxygen atoms in total. The Kier molecular flexibility index (Phi) is 6.25. The topological polar surface area (TPSA) is 58.6 Å². The zero-order chi connectivity index (χ0) is 23.7. The number of carbonyl (C=O) groups excluding carboxylic acids is 2. The van der Waals surface area contributed by atoms with Gasteiger partial charge in [-0.05, 0) is 74.2 Å². The average Bonchev–Trinajstić information content (AvgIpc) is 3.03. The van der Waals surface area contributed by atoms with Crippen molar-refractivity contribution in [3.63, 3.8) is 0 Å². The Balaban J connectivity index is 1.88. The number of aryl methyl sites for hydroxylation is 2. The van der Waals surface area contributed by atoms with Crippen molar-refractivity contribution in [2.75, 3.05) is 16.8 Å². The molecule has 1 heterocycles. The van der Waals surface area contributed by atoms with Crippen LogP contribution in [-0.2, 0) is 9.59 Å². The van der Waals surface area contributed by atoms with Gasteiger partial charge in [-0.25, -0.2) is 4.90 Å². The number of para-hydroxylation sites is 2. The minimum Gasteiger partial charge on any atom is -0.492 e. The summed E-state index contributed by atoms with van der Waals surface area (Å²) in [5, 5.41) is 3.78. The van der Waals surface area contributed by atoms with E-state index in [1.54, 1.807) is 30.3 Å². The maximum absolute atomic E-state index is 13.7. The maximum Gasteiger partial charge on any atom is 0.282 e. The fourth-order valence-corrected chi connectivity index (χ4v) is 4.00. The van der Waals surface area contributed by atoms with E-state index in [9.17, 15) is 9.59 Å². The summed E-state index contributed by atoms with van der Waals surface area (Å²) >= 11 is 6.30. The van der Waals surface area contributed by atoms with Crippen molar-refractivity contribution in [2.45, 2.75) is 27.7 Å². The van der Waals surface area contributed by atoms with Crippen molar-refractivity contribution in [3.8, 4) is 5.75 Å². The molecule has 0 radical (unpaired) electrons. The molecule has 3 aromatic rings. The maximum atomic E-state index is 13.7. The quantitative estimate of drug-likeness (QED) is 0.454. The smallest absolute Gasteiger partial charge is 0.282 e. The van der Waals surface area contributed by atoms with E-state index in [0.29, 0.717) is 39.9 Å². The zero-order valence-electron chi connectivity index (χ0n) is 19.0. The Hall–Kier alpha value is -3.57. The number of carbonyl (C=O) groups is 2. The van der Waals surface area contributed by atoms with Crippen LogP contribution in [0.15, 0.2) is 66.4 Å². The summed E-state index contributed by atoms with van der Waals surface area (Å²) in [4.78, 5) is 28.6. The molecule has 6 heteroatoms. The molecule has 0 atom stereocenters. The molecule has 0 fully saturated rings. The van der Waals surface area contributed by atoms with E-state index in [2.05, 4.69) is 5.32 Å². The predicted molar refractivity (Wildman–Crippen MR) is 133 cm³/mol. The van der Waals surface area contributed by atoms with E-state index < -0.39 is 11.8 Å². The van der Waals surface area contributed by atoms with Crippen molar-refractivity contribution >= 4 is 40.4 Å². The first-order valence-electron chi connectivity index (χ1n) is 10.8. The van der Waals surface area contributed by atoms with Crippen LogP contribution in [0.5, 0.6) is 5.75 Å². The van der Waals surface area contributed by atoms with Gasteiger partial charge >= 0.3 is 0 Å². The standard InChI is InChI=1S/C27H25ClN2O3/c1-5-33-23-12-7-6-11-22(23)30-26(31)24(19-14-13-16(2)17(3)15-19)25(27(30)32)29-21-10-8-9-20(28)18(21)4/h6-15,29H,5H2,1-4H3. The third kappa shape index (κ3) is 4.12.